The molecule has 0 bridgehead atoms. The zero-order valence-electron chi connectivity index (χ0n) is 11.0. The molecule has 1 atom stereocenters. The number of rotatable bonds is 3. The van der Waals surface area contributed by atoms with Crippen molar-refractivity contribution in [2.75, 3.05) is 18.8 Å². The molecule has 0 aliphatic carbocycles. The molecule has 2 rings (SSSR count). The molecule has 0 saturated carbocycles. The van der Waals surface area contributed by atoms with Gasteiger partial charge in [-0.25, -0.2) is 8.42 Å². The molecule has 102 valence electrons. The van der Waals surface area contributed by atoms with Crippen molar-refractivity contribution in [1.82, 2.24) is 14.7 Å². The molecule has 1 aliphatic rings. The molecule has 0 N–H and O–H groups in total. The van der Waals surface area contributed by atoms with Crippen LogP contribution in [0.1, 0.15) is 26.0 Å². The van der Waals surface area contributed by atoms with E-state index in [1.807, 2.05) is 17.7 Å². The molecule has 5 nitrogen and oxygen atoms in total. The van der Waals surface area contributed by atoms with Gasteiger partial charge in [0, 0.05) is 25.8 Å². The van der Waals surface area contributed by atoms with Crippen LogP contribution in [0.15, 0.2) is 12.3 Å². The van der Waals surface area contributed by atoms with Crippen molar-refractivity contribution in [3.8, 4) is 0 Å². The molecule has 0 radical (unpaired) electrons. The van der Waals surface area contributed by atoms with Gasteiger partial charge in [-0.1, -0.05) is 0 Å². The normalized spacial score (nSPS) is 24.9. The minimum Gasteiger partial charge on any atom is -0.296 e. The van der Waals surface area contributed by atoms with Crippen LogP contribution in [0.5, 0.6) is 0 Å². The first-order valence-electron chi connectivity index (χ1n) is 6.47. The minimum atomic E-state index is -2.89. The highest BCUT2D eigenvalue weighted by Crippen LogP contribution is 2.15. The van der Waals surface area contributed by atoms with Crippen molar-refractivity contribution in [2.45, 2.75) is 38.6 Å². The van der Waals surface area contributed by atoms with Gasteiger partial charge in [0.2, 0.25) is 0 Å². The summed E-state index contributed by atoms with van der Waals surface area (Å²) < 4.78 is 25.6. The lowest BCUT2D eigenvalue weighted by Gasteiger charge is -2.19. The fourth-order valence-electron chi connectivity index (χ4n) is 2.28. The second kappa shape index (κ2) is 5.40. The fourth-order valence-corrected chi connectivity index (χ4v) is 3.66. The Labute approximate surface area is 109 Å². The van der Waals surface area contributed by atoms with E-state index in [-0.39, 0.29) is 11.0 Å². The van der Waals surface area contributed by atoms with E-state index in [2.05, 4.69) is 16.9 Å². The summed E-state index contributed by atoms with van der Waals surface area (Å²) in [6, 6.07) is 2.01. The number of aryl methyl sites for hydroxylation is 1. The molecule has 0 amide bonds. The number of hydrogen-bond acceptors (Lipinski definition) is 4. The van der Waals surface area contributed by atoms with Crippen LogP contribution in [-0.2, 0) is 22.9 Å². The molecule has 1 aromatic heterocycles. The maximum Gasteiger partial charge on any atom is 0.154 e. The predicted molar refractivity (Wildman–Crippen MR) is 71.0 cm³/mol. The van der Waals surface area contributed by atoms with E-state index in [1.54, 1.807) is 6.20 Å². The van der Waals surface area contributed by atoms with Crippen LogP contribution in [0.4, 0.5) is 0 Å². The zero-order chi connectivity index (χ0) is 13.2. The number of aromatic nitrogens is 2. The Morgan fingerprint density at radius 3 is 2.94 bits per heavy atom. The van der Waals surface area contributed by atoms with Crippen LogP contribution in [-0.4, -0.2) is 47.2 Å². The molecule has 6 heteroatoms. The van der Waals surface area contributed by atoms with E-state index in [9.17, 15) is 8.42 Å². The van der Waals surface area contributed by atoms with E-state index in [0.29, 0.717) is 6.54 Å². The summed E-state index contributed by atoms with van der Waals surface area (Å²) >= 11 is 0. The van der Waals surface area contributed by atoms with Crippen LogP contribution in [0.3, 0.4) is 0 Å². The third kappa shape index (κ3) is 2.92. The fraction of sp³-hybridized carbons (Fsp3) is 0.750. The third-order valence-corrected chi connectivity index (χ3v) is 5.86. The Kier molecular flexibility index (Phi) is 4.07. The average Bonchev–Trinajstić information content (AvgIpc) is 2.74. The maximum absolute atomic E-state index is 11.8. The van der Waals surface area contributed by atoms with Gasteiger partial charge < -0.3 is 0 Å². The van der Waals surface area contributed by atoms with Gasteiger partial charge in [0.05, 0.1) is 16.7 Å². The Morgan fingerprint density at radius 1 is 1.44 bits per heavy atom. The van der Waals surface area contributed by atoms with Gasteiger partial charge in [0.25, 0.3) is 0 Å². The van der Waals surface area contributed by atoms with Crippen LogP contribution in [0.25, 0.3) is 0 Å². The lowest BCUT2D eigenvalue weighted by molar-refractivity contribution is 0.274. The summed E-state index contributed by atoms with van der Waals surface area (Å²) in [5.41, 5.74) is 1.16. The Balaban J connectivity index is 2.03. The smallest absolute Gasteiger partial charge is 0.154 e. The standard InChI is InChI=1S/C12H21N3O2S/c1-3-15-12(4-6-13-15)10-14-7-5-11(2)18(16,17)9-8-14/h4,6,11H,3,5,7-10H2,1-2H3. The van der Waals surface area contributed by atoms with E-state index in [4.69, 9.17) is 0 Å². The van der Waals surface area contributed by atoms with E-state index >= 15 is 0 Å². The molecule has 1 saturated heterocycles. The first-order chi connectivity index (χ1) is 8.53. The monoisotopic (exact) mass is 271 g/mol. The predicted octanol–water partition coefficient (Wildman–Crippen LogP) is 0.912. The number of sulfone groups is 1. The lowest BCUT2D eigenvalue weighted by Crippen LogP contribution is -2.27. The molecule has 0 aromatic carbocycles. The van der Waals surface area contributed by atoms with Gasteiger partial charge in [-0.2, -0.15) is 5.10 Å². The van der Waals surface area contributed by atoms with Gasteiger partial charge >= 0.3 is 0 Å². The molecule has 2 heterocycles. The average molecular weight is 271 g/mol. The zero-order valence-corrected chi connectivity index (χ0v) is 11.9. The topological polar surface area (TPSA) is 55.2 Å². The van der Waals surface area contributed by atoms with Crippen LogP contribution >= 0.6 is 0 Å². The van der Waals surface area contributed by atoms with Crippen molar-refractivity contribution in [3.05, 3.63) is 18.0 Å². The molecule has 1 aliphatic heterocycles. The summed E-state index contributed by atoms with van der Waals surface area (Å²) in [6.45, 7) is 6.98. The van der Waals surface area contributed by atoms with Gasteiger partial charge in [-0.3, -0.25) is 9.58 Å². The van der Waals surface area contributed by atoms with Crippen molar-refractivity contribution < 1.29 is 8.42 Å². The molecule has 18 heavy (non-hydrogen) atoms. The Morgan fingerprint density at radius 2 is 2.22 bits per heavy atom. The number of hydrogen-bond donors (Lipinski definition) is 0. The summed E-state index contributed by atoms with van der Waals surface area (Å²) in [6.07, 6.45) is 2.53. The summed E-state index contributed by atoms with van der Waals surface area (Å²) in [7, 11) is -2.89. The van der Waals surface area contributed by atoms with Crippen molar-refractivity contribution in [3.63, 3.8) is 0 Å². The molecule has 1 fully saturated rings. The summed E-state index contributed by atoms with van der Waals surface area (Å²) in [5.74, 6) is 0.272. The van der Waals surface area contributed by atoms with Gasteiger partial charge in [0.1, 0.15) is 0 Å². The van der Waals surface area contributed by atoms with Gasteiger partial charge in [0.15, 0.2) is 9.84 Å². The van der Waals surface area contributed by atoms with Crippen molar-refractivity contribution >= 4 is 9.84 Å². The van der Waals surface area contributed by atoms with Gasteiger partial charge in [-0.15, -0.1) is 0 Å². The number of nitrogens with zero attached hydrogens (tertiary/aromatic N) is 3. The largest absolute Gasteiger partial charge is 0.296 e. The minimum absolute atomic E-state index is 0.210. The summed E-state index contributed by atoms with van der Waals surface area (Å²) in [5, 5.41) is 4.03. The van der Waals surface area contributed by atoms with Crippen LogP contribution < -0.4 is 0 Å². The van der Waals surface area contributed by atoms with Crippen LogP contribution in [0.2, 0.25) is 0 Å². The van der Waals surface area contributed by atoms with Crippen molar-refractivity contribution in [1.29, 1.82) is 0 Å². The molecule has 1 aromatic rings. The molecule has 1 unspecified atom stereocenters. The first kappa shape index (κ1) is 13.5. The molecule has 0 spiro atoms. The van der Waals surface area contributed by atoms with E-state index < -0.39 is 9.84 Å². The highest BCUT2D eigenvalue weighted by molar-refractivity contribution is 7.92. The summed E-state index contributed by atoms with van der Waals surface area (Å²) in [4.78, 5) is 2.21. The highest BCUT2D eigenvalue weighted by Gasteiger charge is 2.26. The molecular formula is C12H21N3O2S. The quantitative estimate of drug-likeness (QED) is 0.820. The lowest BCUT2D eigenvalue weighted by atomic mass is 10.3. The second-order valence-corrected chi connectivity index (χ2v) is 7.42. The Bertz CT molecular complexity index is 495. The maximum atomic E-state index is 11.8. The first-order valence-corrected chi connectivity index (χ1v) is 8.19. The van der Waals surface area contributed by atoms with Crippen LogP contribution in [0, 0.1) is 0 Å². The Hall–Kier alpha value is -0.880. The SMILES string of the molecule is CCn1nccc1CN1CCC(C)S(=O)(=O)CC1. The highest BCUT2D eigenvalue weighted by atomic mass is 32.2. The van der Waals surface area contributed by atoms with Gasteiger partial charge in [-0.05, 0) is 32.9 Å². The molecular weight excluding hydrogens is 250 g/mol. The van der Waals surface area contributed by atoms with Crippen molar-refractivity contribution in [2.24, 2.45) is 0 Å². The van der Waals surface area contributed by atoms with E-state index in [1.165, 1.54) is 0 Å². The van der Waals surface area contributed by atoms with E-state index in [0.717, 1.165) is 31.7 Å². The third-order valence-electron chi connectivity index (χ3n) is 3.65. The second-order valence-electron chi connectivity index (χ2n) is 4.88.